The highest BCUT2D eigenvalue weighted by atomic mass is 79.9. The minimum atomic E-state index is 0.0544. The van der Waals surface area contributed by atoms with E-state index < -0.39 is 0 Å². The van der Waals surface area contributed by atoms with Crippen molar-refractivity contribution in [1.82, 2.24) is 4.98 Å². The standard InChI is InChI=1S/C11H8BrNOS/c12-8-4-6-15-11(8)7-10(14)9-3-1-2-5-13-9/h1-6H,7H2. The van der Waals surface area contributed by atoms with Crippen molar-refractivity contribution < 1.29 is 4.79 Å². The highest BCUT2D eigenvalue weighted by molar-refractivity contribution is 9.10. The van der Waals surface area contributed by atoms with E-state index in [4.69, 9.17) is 0 Å². The van der Waals surface area contributed by atoms with E-state index in [0.717, 1.165) is 9.35 Å². The Hall–Kier alpha value is -1.00. The first-order valence-electron chi connectivity index (χ1n) is 4.43. The van der Waals surface area contributed by atoms with Gasteiger partial charge in [-0.3, -0.25) is 9.78 Å². The summed E-state index contributed by atoms with van der Waals surface area (Å²) in [6, 6.07) is 7.32. The predicted octanol–water partition coefficient (Wildman–Crippen LogP) is 3.33. The van der Waals surface area contributed by atoms with Gasteiger partial charge in [0, 0.05) is 22.0 Å². The maximum absolute atomic E-state index is 11.8. The highest BCUT2D eigenvalue weighted by Gasteiger charge is 2.10. The third-order valence-corrected chi connectivity index (χ3v) is 3.89. The topological polar surface area (TPSA) is 30.0 Å². The molecule has 2 rings (SSSR count). The summed E-state index contributed by atoms with van der Waals surface area (Å²) in [6.07, 6.45) is 2.05. The van der Waals surface area contributed by atoms with Crippen molar-refractivity contribution in [2.45, 2.75) is 6.42 Å². The van der Waals surface area contributed by atoms with Crippen LogP contribution in [0.5, 0.6) is 0 Å². The SMILES string of the molecule is O=C(Cc1sccc1Br)c1ccccn1. The molecule has 15 heavy (non-hydrogen) atoms. The van der Waals surface area contributed by atoms with E-state index in [2.05, 4.69) is 20.9 Å². The zero-order chi connectivity index (χ0) is 10.7. The molecule has 0 saturated heterocycles. The number of Topliss-reactive ketones (excluding diaryl/α,β-unsaturated/α-hetero) is 1. The minimum Gasteiger partial charge on any atom is -0.292 e. The Morgan fingerprint density at radius 1 is 1.40 bits per heavy atom. The molecule has 0 saturated carbocycles. The summed E-state index contributed by atoms with van der Waals surface area (Å²) < 4.78 is 0.997. The first-order valence-corrected chi connectivity index (χ1v) is 6.11. The monoisotopic (exact) mass is 281 g/mol. The molecule has 2 aromatic rings. The molecular formula is C11H8BrNOS. The van der Waals surface area contributed by atoms with Gasteiger partial charge in [-0.15, -0.1) is 11.3 Å². The number of carbonyl (C=O) groups excluding carboxylic acids is 1. The van der Waals surface area contributed by atoms with Crippen LogP contribution >= 0.6 is 27.3 Å². The fourth-order valence-electron chi connectivity index (χ4n) is 1.22. The number of nitrogens with zero attached hydrogens (tertiary/aromatic N) is 1. The van der Waals surface area contributed by atoms with E-state index in [9.17, 15) is 4.79 Å². The van der Waals surface area contributed by atoms with Crippen molar-refractivity contribution in [3.05, 3.63) is 50.9 Å². The third-order valence-electron chi connectivity index (χ3n) is 1.96. The summed E-state index contributed by atoms with van der Waals surface area (Å²) >= 11 is 4.98. The van der Waals surface area contributed by atoms with Crippen molar-refractivity contribution >= 4 is 33.0 Å². The fourth-order valence-corrected chi connectivity index (χ4v) is 2.71. The zero-order valence-electron chi connectivity index (χ0n) is 7.81. The van der Waals surface area contributed by atoms with Gasteiger partial charge >= 0.3 is 0 Å². The highest BCUT2D eigenvalue weighted by Crippen LogP contribution is 2.23. The molecule has 0 bridgehead atoms. The van der Waals surface area contributed by atoms with Crippen LogP contribution in [0.25, 0.3) is 0 Å². The maximum atomic E-state index is 11.8. The summed E-state index contributed by atoms with van der Waals surface area (Å²) in [5.41, 5.74) is 0.526. The smallest absolute Gasteiger partial charge is 0.186 e. The molecule has 0 atom stereocenters. The summed E-state index contributed by atoms with van der Waals surface area (Å²) in [7, 11) is 0. The van der Waals surface area contributed by atoms with Crippen LogP contribution in [0, 0.1) is 0 Å². The van der Waals surface area contributed by atoms with Gasteiger partial charge < -0.3 is 0 Å². The molecule has 0 radical (unpaired) electrons. The van der Waals surface area contributed by atoms with Crippen molar-refractivity contribution in [2.75, 3.05) is 0 Å². The van der Waals surface area contributed by atoms with Crippen LogP contribution in [0.2, 0.25) is 0 Å². The molecule has 0 aliphatic rings. The number of halogens is 1. The molecule has 0 unspecified atom stereocenters. The second kappa shape index (κ2) is 4.68. The van der Waals surface area contributed by atoms with E-state index >= 15 is 0 Å². The van der Waals surface area contributed by atoms with E-state index in [1.54, 1.807) is 29.7 Å². The van der Waals surface area contributed by atoms with Crippen LogP contribution in [-0.2, 0) is 6.42 Å². The van der Waals surface area contributed by atoms with Crippen molar-refractivity contribution in [2.24, 2.45) is 0 Å². The van der Waals surface area contributed by atoms with Gasteiger partial charge in [0.1, 0.15) is 5.69 Å². The molecular weight excluding hydrogens is 274 g/mol. The van der Waals surface area contributed by atoms with Crippen molar-refractivity contribution in [1.29, 1.82) is 0 Å². The van der Waals surface area contributed by atoms with Crippen LogP contribution in [0.4, 0.5) is 0 Å². The molecule has 76 valence electrons. The van der Waals surface area contributed by atoms with Gasteiger partial charge in [0.2, 0.25) is 0 Å². The van der Waals surface area contributed by atoms with Gasteiger partial charge in [-0.2, -0.15) is 0 Å². The molecule has 0 N–H and O–H groups in total. The molecule has 0 aliphatic carbocycles. The van der Waals surface area contributed by atoms with E-state index in [0.29, 0.717) is 12.1 Å². The summed E-state index contributed by atoms with van der Waals surface area (Å²) in [4.78, 5) is 16.9. The van der Waals surface area contributed by atoms with Gasteiger partial charge in [0.25, 0.3) is 0 Å². The lowest BCUT2D eigenvalue weighted by Crippen LogP contribution is -2.04. The minimum absolute atomic E-state index is 0.0544. The van der Waals surface area contributed by atoms with Crippen molar-refractivity contribution in [3.63, 3.8) is 0 Å². The number of pyridine rings is 1. The predicted molar refractivity (Wildman–Crippen MR) is 64.3 cm³/mol. The number of rotatable bonds is 3. The van der Waals surface area contributed by atoms with Gasteiger partial charge in [-0.25, -0.2) is 0 Å². The Labute approximate surface area is 100 Å². The van der Waals surface area contributed by atoms with Crippen molar-refractivity contribution in [3.8, 4) is 0 Å². The molecule has 0 aliphatic heterocycles. The second-order valence-corrected chi connectivity index (χ2v) is 4.86. The van der Waals surface area contributed by atoms with E-state index in [1.165, 1.54) is 0 Å². The molecule has 2 aromatic heterocycles. The van der Waals surface area contributed by atoms with Gasteiger partial charge in [0.05, 0.1) is 0 Å². The zero-order valence-corrected chi connectivity index (χ0v) is 10.2. The maximum Gasteiger partial charge on any atom is 0.186 e. The first-order chi connectivity index (χ1) is 7.27. The molecule has 4 heteroatoms. The Bertz CT molecular complexity index is 466. The second-order valence-electron chi connectivity index (χ2n) is 3.01. The molecule has 2 heterocycles. The van der Waals surface area contributed by atoms with Gasteiger partial charge in [-0.05, 0) is 39.5 Å². The lowest BCUT2D eigenvalue weighted by molar-refractivity contribution is 0.0989. The number of ketones is 1. The van der Waals surface area contributed by atoms with Crippen LogP contribution in [0.3, 0.4) is 0 Å². The third kappa shape index (κ3) is 2.52. The largest absolute Gasteiger partial charge is 0.292 e. The first kappa shape index (κ1) is 10.5. The van der Waals surface area contributed by atoms with E-state index in [-0.39, 0.29) is 5.78 Å². The summed E-state index contributed by atoms with van der Waals surface area (Å²) in [5, 5.41) is 1.96. The summed E-state index contributed by atoms with van der Waals surface area (Å²) in [6.45, 7) is 0. The Balaban J connectivity index is 2.15. The van der Waals surface area contributed by atoms with E-state index in [1.807, 2.05) is 17.5 Å². The molecule has 2 nitrogen and oxygen atoms in total. The number of hydrogen-bond donors (Lipinski definition) is 0. The lowest BCUT2D eigenvalue weighted by atomic mass is 10.2. The average molecular weight is 282 g/mol. The number of carbonyl (C=O) groups is 1. The number of aromatic nitrogens is 1. The fraction of sp³-hybridized carbons (Fsp3) is 0.0909. The number of thiophene rings is 1. The van der Waals surface area contributed by atoms with Gasteiger partial charge in [-0.1, -0.05) is 6.07 Å². The molecule has 0 spiro atoms. The Morgan fingerprint density at radius 2 is 2.27 bits per heavy atom. The Kier molecular flexibility index (Phi) is 3.28. The molecule has 0 fully saturated rings. The normalized spacial score (nSPS) is 10.2. The van der Waals surface area contributed by atoms with Crippen LogP contribution in [-0.4, -0.2) is 10.8 Å². The van der Waals surface area contributed by atoms with Crippen LogP contribution < -0.4 is 0 Å². The average Bonchev–Trinajstić information content (AvgIpc) is 2.66. The van der Waals surface area contributed by atoms with Crippen LogP contribution in [0.1, 0.15) is 15.4 Å². The number of hydrogen-bond acceptors (Lipinski definition) is 3. The van der Waals surface area contributed by atoms with Crippen LogP contribution in [0.15, 0.2) is 40.3 Å². The quantitative estimate of drug-likeness (QED) is 0.808. The Morgan fingerprint density at radius 3 is 2.87 bits per heavy atom. The lowest BCUT2D eigenvalue weighted by Gasteiger charge is -1.98. The van der Waals surface area contributed by atoms with Gasteiger partial charge in [0.15, 0.2) is 5.78 Å². The summed E-state index contributed by atoms with van der Waals surface area (Å²) in [5.74, 6) is 0.0544. The molecule has 0 amide bonds. The molecule has 0 aromatic carbocycles.